The van der Waals surface area contributed by atoms with Gasteiger partial charge >= 0.3 is 11.9 Å². The number of rotatable bonds is 14. The summed E-state index contributed by atoms with van der Waals surface area (Å²) in [5.74, 6) is 2.24. The van der Waals surface area contributed by atoms with E-state index in [9.17, 15) is 9.59 Å². The molecule has 0 saturated heterocycles. The van der Waals surface area contributed by atoms with Crippen molar-refractivity contribution in [1.29, 1.82) is 0 Å². The second-order valence-electron chi connectivity index (χ2n) is 25.5. The van der Waals surface area contributed by atoms with Gasteiger partial charge in [0, 0.05) is 10.8 Å². The first-order chi connectivity index (χ1) is 36.6. The van der Waals surface area contributed by atoms with Crippen LogP contribution < -0.4 is 65.8 Å². The zero-order valence-electron chi connectivity index (χ0n) is 47.0. The van der Waals surface area contributed by atoms with Crippen LogP contribution in [0.25, 0.3) is 0 Å². The van der Waals surface area contributed by atoms with E-state index in [1.165, 1.54) is 56.7 Å². The molecule has 0 N–H and O–H groups in total. The molecule has 0 radical (unpaired) electrons. The van der Waals surface area contributed by atoms with Crippen LogP contribution in [0.3, 0.4) is 0 Å². The summed E-state index contributed by atoms with van der Waals surface area (Å²) in [7, 11) is -4.78. The maximum atomic E-state index is 14.9. The Hall–Kier alpha value is -4.18. The van der Waals surface area contributed by atoms with E-state index in [-0.39, 0.29) is 79.1 Å². The number of halogens is 2. The first-order valence-electron chi connectivity index (χ1n) is 28.7. The molecule has 0 amide bonds. The number of carbonyl (C=O) groups excluding carboxylic acids is 2. The summed E-state index contributed by atoms with van der Waals surface area (Å²) < 4.78 is 13.8. The third-order valence-corrected chi connectivity index (χ3v) is 30.4. The summed E-state index contributed by atoms with van der Waals surface area (Å²) in [4.78, 5) is 29.8. The smallest absolute Gasteiger partial charge is 0.345 e. The molecule has 0 unspecified atom stereocenters. The first-order valence-corrected chi connectivity index (χ1v) is 32.7. The van der Waals surface area contributed by atoms with E-state index >= 15 is 0 Å². The molecule has 11 rings (SSSR count). The van der Waals surface area contributed by atoms with Crippen molar-refractivity contribution in [2.75, 3.05) is 18.9 Å². The molecule has 4 nitrogen and oxygen atoms in total. The van der Waals surface area contributed by atoms with Gasteiger partial charge in [0.25, 0.3) is 0 Å². The van der Waals surface area contributed by atoms with E-state index in [0.29, 0.717) is 48.5 Å². The highest BCUT2D eigenvalue weighted by Crippen LogP contribution is 2.78. The van der Waals surface area contributed by atoms with Gasteiger partial charge < -0.3 is 43.4 Å². The molecule has 0 aromatic heterocycles. The SMILES string of the molecule is C=C(C)[C@@H]1CC[C@]2(COC(=O)C[P+](c3ccccc3)(c3ccccc3)c3ccccc3)CC[C@]3(C)[C@H](CC[C@@H]4[C@@]5(C)CC[C@H](OC(=O)C[P+](c6ccccc6)(c6ccccc6)c6ccccc6)C(C)(C)[C@@H]5CC[C@]43C)[C@@H]12.[Br-].[Br-]. The van der Waals surface area contributed by atoms with Crippen molar-refractivity contribution < 1.29 is 53.0 Å². The monoisotopic (exact) mass is 1210 g/mol. The highest BCUT2D eigenvalue weighted by molar-refractivity contribution is 7.96. The lowest BCUT2D eigenvalue weighted by Crippen LogP contribution is -3.00. The molecule has 6 aromatic carbocycles. The van der Waals surface area contributed by atoms with Crippen LogP contribution in [0.2, 0.25) is 0 Å². The van der Waals surface area contributed by atoms with Crippen LogP contribution in [-0.2, 0) is 19.1 Å². The minimum atomic E-state index is -2.39. The minimum Gasteiger partial charge on any atom is -1.00 e. The molecule has 8 heteroatoms. The van der Waals surface area contributed by atoms with Crippen LogP contribution in [0.5, 0.6) is 0 Å². The second kappa shape index (κ2) is 23.0. The molecule has 6 aromatic rings. The average Bonchev–Trinajstić information content (AvgIpc) is 3.32. The molecule has 410 valence electrons. The van der Waals surface area contributed by atoms with Gasteiger partial charge in [0.2, 0.25) is 0 Å². The van der Waals surface area contributed by atoms with Gasteiger partial charge in [0.05, 0.1) is 6.61 Å². The first kappa shape index (κ1) is 58.5. The van der Waals surface area contributed by atoms with E-state index in [1.807, 2.05) is 0 Å². The molecular formula is C70H82Br2O4P2. The van der Waals surface area contributed by atoms with Crippen molar-refractivity contribution in [2.24, 2.45) is 56.7 Å². The Bertz CT molecular complexity index is 2820. The fourth-order valence-electron chi connectivity index (χ4n) is 18.1. The van der Waals surface area contributed by atoms with Crippen molar-refractivity contribution >= 4 is 58.3 Å². The zero-order valence-corrected chi connectivity index (χ0v) is 51.9. The predicted molar refractivity (Wildman–Crippen MR) is 320 cm³/mol. The topological polar surface area (TPSA) is 52.6 Å². The maximum absolute atomic E-state index is 14.9. The summed E-state index contributed by atoms with van der Waals surface area (Å²) in [6, 6.07) is 64.4. The van der Waals surface area contributed by atoms with E-state index in [4.69, 9.17) is 16.1 Å². The molecule has 0 heterocycles. The molecule has 0 bridgehead atoms. The third-order valence-electron chi connectivity index (χ3n) is 21.9. The molecule has 5 aliphatic rings. The Labute approximate surface area is 489 Å². The lowest BCUT2D eigenvalue weighted by atomic mass is 9.32. The van der Waals surface area contributed by atoms with E-state index in [2.05, 4.69) is 224 Å². The number of hydrogen-bond donors (Lipinski definition) is 0. The van der Waals surface area contributed by atoms with Crippen molar-refractivity contribution in [3.63, 3.8) is 0 Å². The van der Waals surface area contributed by atoms with Gasteiger partial charge in [0.15, 0.2) is 12.3 Å². The molecule has 0 spiro atoms. The number of fused-ring (bicyclic) bond motifs is 7. The average molecular weight is 1210 g/mol. The van der Waals surface area contributed by atoms with Crippen LogP contribution in [0, 0.1) is 56.7 Å². The normalized spacial score (nSPS) is 29.8. The molecular weight excluding hydrogens is 1130 g/mol. The van der Waals surface area contributed by atoms with Gasteiger partial charge in [-0.05, 0) is 190 Å². The van der Waals surface area contributed by atoms with Crippen molar-refractivity contribution in [2.45, 2.75) is 112 Å². The van der Waals surface area contributed by atoms with Gasteiger partial charge in [-0.15, -0.1) is 0 Å². The number of esters is 2. The summed E-state index contributed by atoms with van der Waals surface area (Å²) in [6.45, 7) is 20.4. The van der Waals surface area contributed by atoms with Crippen LogP contribution in [0.1, 0.15) is 106 Å². The zero-order chi connectivity index (χ0) is 53.0. The van der Waals surface area contributed by atoms with Crippen molar-refractivity contribution in [3.8, 4) is 0 Å². The number of benzene rings is 6. The summed E-state index contributed by atoms with van der Waals surface area (Å²) in [5, 5.41) is 7.23. The predicted octanol–water partition coefficient (Wildman–Crippen LogP) is 8.10. The molecule has 78 heavy (non-hydrogen) atoms. The Kier molecular flexibility index (Phi) is 17.2. The molecule has 5 saturated carbocycles. The Morgan fingerprint density at radius 3 is 1.33 bits per heavy atom. The Morgan fingerprint density at radius 2 is 0.910 bits per heavy atom. The third kappa shape index (κ3) is 9.69. The van der Waals surface area contributed by atoms with Crippen LogP contribution in [0.15, 0.2) is 194 Å². The molecule has 5 fully saturated rings. The number of allylic oxidation sites excluding steroid dienone is 1. The van der Waals surface area contributed by atoms with Crippen molar-refractivity contribution in [1.82, 2.24) is 0 Å². The fourth-order valence-corrected chi connectivity index (χ4v) is 26.0. The number of ether oxygens (including phenoxy) is 2. The fraction of sp³-hybridized carbons (Fsp3) is 0.429. The van der Waals surface area contributed by atoms with E-state index in [0.717, 1.165) is 44.9 Å². The summed E-state index contributed by atoms with van der Waals surface area (Å²) in [6.07, 6.45) is 11.7. The highest BCUT2D eigenvalue weighted by atomic mass is 79.9. The second-order valence-corrected chi connectivity index (χ2v) is 32.5. The summed E-state index contributed by atoms with van der Waals surface area (Å²) >= 11 is 0. The van der Waals surface area contributed by atoms with E-state index < -0.39 is 14.5 Å². The highest BCUT2D eigenvalue weighted by Gasteiger charge is 2.71. The molecule has 5 aliphatic carbocycles. The standard InChI is InChI=1S/C70H82O4P2.2BrH/c1-51(2)58-40-45-70(50-73-63(71)48-75(52-26-14-8-15-27-52,53-28-16-9-17-29-53)54-30-18-10-19-31-54)47-46-68(6)59(65(58)70)38-39-61-67(5)43-42-62(66(3,4)60(67)41-44-69(61,68)7)74-64(72)49-76(55-32-20-11-21-33-55,56-34-22-12-23-35-56)57-36-24-13-25-37-57;;/h8-37,58-62,65H,1,38-50H2,2-7H3;2*1H/q+2;;/p-2/t58-,59+,60-,61+,62-,65+,67-,68+,69+,70+;;/m0../s1. The number of carbonyl (C=O) groups is 2. The Balaban J connectivity index is 0.00000370. The maximum Gasteiger partial charge on any atom is 0.345 e. The van der Waals surface area contributed by atoms with Crippen LogP contribution >= 0.6 is 14.5 Å². The van der Waals surface area contributed by atoms with E-state index in [1.54, 1.807) is 0 Å². The van der Waals surface area contributed by atoms with Gasteiger partial charge in [-0.1, -0.05) is 156 Å². The lowest BCUT2D eigenvalue weighted by Gasteiger charge is -2.73. The molecule has 0 aliphatic heterocycles. The van der Waals surface area contributed by atoms with Crippen LogP contribution in [-0.4, -0.2) is 37.0 Å². The van der Waals surface area contributed by atoms with Crippen molar-refractivity contribution in [3.05, 3.63) is 194 Å². The lowest BCUT2D eigenvalue weighted by molar-refractivity contribution is -0.251. The minimum absolute atomic E-state index is 0. The quantitative estimate of drug-likeness (QED) is 0.0630. The number of hydrogen-bond acceptors (Lipinski definition) is 4. The largest absolute Gasteiger partial charge is 1.00 e. The van der Waals surface area contributed by atoms with Gasteiger partial charge in [-0.3, -0.25) is 0 Å². The van der Waals surface area contributed by atoms with Gasteiger partial charge in [-0.25, -0.2) is 9.59 Å². The van der Waals surface area contributed by atoms with Crippen LogP contribution in [0.4, 0.5) is 0 Å². The van der Waals surface area contributed by atoms with Gasteiger partial charge in [0.1, 0.15) is 52.5 Å². The summed E-state index contributed by atoms with van der Waals surface area (Å²) in [5.41, 5.74) is 1.48. The Morgan fingerprint density at radius 1 is 0.487 bits per heavy atom. The van der Waals surface area contributed by atoms with Gasteiger partial charge in [-0.2, -0.15) is 0 Å². The molecule has 10 atom stereocenters.